The lowest BCUT2D eigenvalue weighted by Gasteiger charge is -2.32. The van der Waals surface area contributed by atoms with Gasteiger partial charge >= 0.3 is 13.1 Å². The van der Waals surface area contributed by atoms with Crippen LogP contribution in [-0.2, 0) is 72.9 Å². The molecule has 2 atom stereocenters. The summed E-state index contributed by atoms with van der Waals surface area (Å²) in [6, 6.07) is 7.73. The SMILES string of the molecule is CC1(C)OB(c2ccccc2COC(=O)CC2CCC(CNC(=O)CCC(=O)CCOCCOCCOCCOCCOCCOCCOCCOCCS)C2)OC1(C)C. The van der Waals surface area contributed by atoms with E-state index in [1.807, 2.05) is 52.0 Å². The van der Waals surface area contributed by atoms with Gasteiger partial charge in [0, 0.05) is 38.0 Å². The maximum Gasteiger partial charge on any atom is 0.495 e. The van der Waals surface area contributed by atoms with Crippen LogP contribution in [0, 0.1) is 11.8 Å². The monoisotopic (exact) mass is 869 g/mol. The minimum Gasteiger partial charge on any atom is -0.461 e. The Kier molecular flexibility index (Phi) is 26.8. The number of esters is 1. The lowest BCUT2D eigenvalue weighted by molar-refractivity contribution is -0.146. The average Bonchev–Trinajstić information content (AvgIpc) is 3.76. The second kappa shape index (κ2) is 30.8. The first-order valence-electron chi connectivity index (χ1n) is 21.6. The van der Waals surface area contributed by atoms with Crippen LogP contribution >= 0.6 is 12.6 Å². The van der Waals surface area contributed by atoms with E-state index in [-0.39, 0.29) is 56.1 Å². The summed E-state index contributed by atoms with van der Waals surface area (Å²) in [5.74, 6) is 0.839. The minimum absolute atomic E-state index is 0.0141. The summed E-state index contributed by atoms with van der Waals surface area (Å²) >= 11 is 4.07. The third-order valence-corrected chi connectivity index (χ3v) is 10.8. The fraction of sp³-hybridized carbons (Fsp3) is 0.791. The molecule has 1 N–H and O–H groups in total. The van der Waals surface area contributed by atoms with Gasteiger partial charge in [0.05, 0.1) is 117 Å². The van der Waals surface area contributed by atoms with Gasteiger partial charge in [-0.05, 0) is 69.8 Å². The van der Waals surface area contributed by atoms with Crippen LogP contribution in [0.5, 0.6) is 0 Å². The van der Waals surface area contributed by atoms with Crippen molar-refractivity contribution in [2.24, 2.45) is 11.8 Å². The smallest absolute Gasteiger partial charge is 0.461 e. The number of rotatable bonds is 36. The number of nitrogens with one attached hydrogen (secondary N) is 1. The molecule has 2 unspecified atom stereocenters. The summed E-state index contributed by atoms with van der Waals surface area (Å²) in [5, 5.41) is 2.97. The van der Waals surface area contributed by atoms with Crippen LogP contribution in [0.3, 0.4) is 0 Å². The van der Waals surface area contributed by atoms with E-state index in [9.17, 15) is 14.4 Å². The Balaban J connectivity index is 1.06. The molecule has 342 valence electrons. The zero-order chi connectivity index (χ0) is 43.3. The molecule has 17 heteroatoms. The number of ether oxygens (including phenoxy) is 9. The van der Waals surface area contributed by atoms with E-state index in [1.165, 1.54) is 0 Å². The first kappa shape index (κ1) is 52.2. The second-order valence-electron chi connectivity index (χ2n) is 15.9. The van der Waals surface area contributed by atoms with E-state index in [0.717, 1.165) is 30.3 Å². The van der Waals surface area contributed by atoms with Crippen molar-refractivity contribution in [2.45, 2.75) is 90.4 Å². The standard InChI is InChI=1S/C43H72BNO14S/c1-42(2)43(3,4)59-44(58-42)39-8-6-5-7-37(39)34-57-41(48)32-35-9-10-36(31-35)33-45-40(47)12-11-38(46)13-14-49-15-16-50-17-18-51-19-20-52-21-22-53-23-24-54-25-26-55-27-28-56-29-30-60/h5-8,35-36,60H,9-34H2,1-4H3,(H,45,47). The molecule has 1 amide bonds. The predicted octanol–water partition coefficient (Wildman–Crippen LogP) is 3.75. The van der Waals surface area contributed by atoms with Crippen molar-refractivity contribution in [3.8, 4) is 0 Å². The number of benzene rings is 1. The van der Waals surface area contributed by atoms with Crippen molar-refractivity contribution in [3.63, 3.8) is 0 Å². The highest BCUT2D eigenvalue weighted by molar-refractivity contribution is 7.80. The van der Waals surface area contributed by atoms with Gasteiger partial charge in [-0.3, -0.25) is 14.4 Å². The van der Waals surface area contributed by atoms with Crippen LogP contribution in [0.2, 0.25) is 0 Å². The molecule has 15 nitrogen and oxygen atoms in total. The normalized spacial score (nSPS) is 18.2. The van der Waals surface area contributed by atoms with E-state index in [1.54, 1.807) is 0 Å². The lowest BCUT2D eigenvalue weighted by Crippen LogP contribution is -2.41. The zero-order valence-corrected chi connectivity index (χ0v) is 37.5. The van der Waals surface area contributed by atoms with Gasteiger partial charge in [0.2, 0.25) is 5.91 Å². The number of carbonyl (C=O) groups is 3. The highest BCUT2D eigenvalue weighted by atomic mass is 32.1. The van der Waals surface area contributed by atoms with Crippen LogP contribution in [-0.4, -0.2) is 154 Å². The first-order chi connectivity index (χ1) is 29.0. The summed E-state index contributed by atoms with van der Waals surface area (Å²) in [4.78, 5) is 37.5. The van der Waals surface area contributed by atoms with E-state index < -0.39 is 18.3 Å². The van der Waals surface area contributed by atoms with Gasteiger partial charge < -0.3 is 57.3 Å². The Bertz CT molecular complexity index is 1320. The molecule has 1 aromatic carbocycles. The van der Waals surface area contributed by atoms with Gasteiger partial charge in [0.15, 0.2) is 0 Å². The molecule has 0 bridgehead atoms. The van der Waals surface area contributed by atoms with Crippen molar-refractivity contribution < 1.29 is 66.3 Å². The Labute approximate surface area is 363 Å². The Morgan fingerprint density at radius 3 is 1.63 bits per heavy atom. The van der Waals surface area contributed by atoms with Gasteiger partial charge in [0.1, 0.15) is 12.4 Å². The zero-order valence-electron chi connectivity index (χ0n) is 36.6. The van der Waals surface area contributed by atoms with Crippen molar-refractivity contribution in [3.05, 3.63) is 29.8 Å². The summed E-state index contributed by atoms with van der Waals surface area (Å²) in [5.41, 5.74) is 0.806. The molecule has 0 radical (unpaired) electrons. The number of carbonyl (C=O) groups excluding carboxylic acids is 3. The highest BCUT2D eigenvalue weighted by Gasteiger charge is 2.52. The van der Waals surface area contributed by atoms with Gasteiger partial charge in [-0.25, -0.2) is 0 Å². The molecule has 0 aromatic heterocycles. The summed E-state index contributed by atoms with van der Waals surface area (Å²) in [6.45, 7) is 16.4. The van der Waals surface area contributed by atoms with Crippen molar-refractivity contribution >= 4 is 42.9 Å². The predicted molar refractivity (Wildman–Crippen MR) is 230 cm³/mol. The van der Waals surface area contributed by atoms with Gasteiger partial charge in [-0.15, -0.1) is 0 Å². The van der Waals surface area contributed by atoms with Crippen LogP contribution < -0.4 is 10.8 Å². The molecule has 0 spiro atoms. The molecular formula is C43H72BNO14S. The quantitative estimate of drug-likeness (QED) is 0.0434. The molecule has 1 saturated heterocycles. The molecule has 1 aliphatic heterocycles. The highest BCUT2D eigenvalue weighted by Crippen LogP contribution is 2.37. The first-order valence-corrected chi connectivity index (χ1v) is 22.2. The molecular weight excluding hydrogens is 797 g/mol. The topological polar surface area (TPSA) is 165 Å². The molecule has 3 rings (SSSR count). The molecule has 60 heavy (non-hydrogen) atoms. The van der Waals surface area contributed by atoms with Crippen LogP contribution in [0.15, 0.2) is 24.3 Å². The second-order valence-corrected chi connectivity index (χ2v) is 16.4. The largest absolute Gasteiger partial charge is 0.495 e. The molecule has 1 aliphatic carbocycles. The fourth-order valence-electron chi connectivity index (χ4n) is 6.48. The fourth-order valence-corrected chi connectivity index (χ4v) is 6.61. The van der Waals surface area contributed by atoms with E-state index >= 15 is 0 Å². The van der Waals surface area contributed by atoms with Crippen LogP contribution in [0.25, 0.3) is 0 Å². The average molecular weight is 870 g/mol. The number of hydrogen-bond acceptors (Lipinski definition) is 15. The number of Topliss-reactive ketones (excluding diaryl/α,β-unsaturated/α-hetero) is 1. The number of amides is 1. The van der Waals surface area contributed by atoms with Gasteiger partial charge in [-0.1, -0.05) is 24.3 Å². The van der Waals surface area contributed by atoms with Crippen LogP contribution in [0.1, 0.15) is 78.2 Å². The summed E-state index contributed by atoms with van der Waals surface area (Å²) in [7, 11) is -0.526. The lowest BCUT2D eigenvalue weighted by atomic mass is 9.76. The summed E-state index contributed by atoms with van der Waals surface area (Å²) < 4.78 is 61.7. The molecule has 1 heterocycles. The Hall–Kier alpha value is -2.16. The summed E-state index contributed by atoms with van der Waals surface area (Å²) in [6.07, 6.45) is 3.63. The number of hydrogen-bond donors (Lipinski definition) is 2. The Morgan fingerprint density at radius 1 is 0.650 bits per heavy atom. The van der Waals surface area contributed by atoms with Gasteiger partial charge in [0.25, 0.3) is 0 Å². The minimum atomic E-state index is -0.526. The number of thiol groups is 1. The van der Waals surface area contributed by atoms with Crippen LogP contribution in [0.4, 0.5) is 0 Å². The molecule has 1 aromatic rings. The molecule has 1 saturated carbocycles. The van der Waals surface area contributed by atoms with Crippen molar-refractivity contribution in [2.75, 3.05) is 118 Å². The van der Waals surface area contributed by atoms with E-state index in [2.05, 4.69) is 17.9 Å². The Morgan fingerprint density at radius 2 is 1.12 bits per heavy atom. The van der Waals surface area contributed by atoms with Gasteiger partial charge in [-0.2, -0.15) is 12.6 Å². The van der Waals surface area contributed by atoms with Crippen molar-refractivity contribution in [1.29, 1.82) is 0 Å². The third kappa shape index (κ3) is 22.3. The maximum absolute atomic E-state index is 12.8. The van der Waals surface area contributed by atoms with E-state index in [4.69, 9.17) is 51.9 Å². The third-order valence-electron chi connectivity index (χ3n) is 10.6. The molecule has 2 aliphatic rings. The van der Waals surface area contributed by atoms with E-state index in [0.29, 0.717) is 124 Å². The number of ketones is 1. The van der Waals surface area contributed by atoms with Crippen molar-refractivity contribution in [1.82, 2.24) is 5.32 Å². The molecule has 2 fully saturated rings. The maximum atomic E-state index is 12.8.